The summed E-state index contributed by atoms with van der Waals surface area (Å²) in [6.07, 6.45) is 5.59. The number of sulfonamides is 1. The zero-order valence-electron chi connectivity index (χ0n) is 15.7. The Hall–Kier alpha value is -2.91. The first kappa shape index (κ1) is 20.8. The molecule has 3 rings (SSSR count). The van der Waals surface area contributed by atoms with Crippen LogP contribution in [0.1, 0.15) is 30.6 Å². The maximum Gasteiger partial charge on any atom is 0.331 e. The predicted molar refractivity (Wildman–Crippen MR) is 105 cm³/mol. The molecule has 8 nitrogen and oxygen atoms in total. The zero-order valence-corrected chi connectivity index (χ0v) is 16.5. The van der Waals surface area contributed by atoms with Gasteiger partial charge in [-0.15, -0.1) is 0 Å². The van der Waals surface area contributed by atoms with Crippen molar-refractivity contribution in [3.63, 3.8) is 0 Å². The fourth-order valence-electron chi connectivity index (χ4n) is 2.79. The molecule has 0 aliphatic carbocycles. The lowest BCUT2D eigenvalue weighted by atomic mass is 10.2. The summed E-state index contributed by atoms with van der Waals surface area (Å²) in [5.41, 5.74) is 0.622. The molecule has 1 fully saturated rings. The van der Waals surface area contributed by atoms with Crippen LogP contribution in [0.2, 0.25) is 0 Å². The van der Waals surface area contributed by atoms with E-state index in [1.165, 1.54) is 30.5 Å². The standard InChI is InChI=1S/C20H22N2O6S/c23-19(28-18-5-1-2-12-21-20(18)24)11-8-15-6-9-17(10-7-15)29(25,26)22-14-16-4-3-13-27-16/h3-4,6-11,13,18,22H,1-2,5,12,14H2,(H,21,24)/b11-8+. The van der Waals surface area contributed by atoms with E-state index < -0.39 is 22.1 Å². The molecule has 1 aliphatic heterocycles. The van der Waals surface area contributed by atoms with Crippen molar-refractivity contribution in [1.82, 2.24) is 10.0 Å². The third-order valence-electron chi connectivity index (χ3n) is 4.36. The lowest BCUT2D eigenvalue weighted by Crippen LogP contribution is -2.35. The molecule has 1 unspecified atom stereocenters. The number of carbonyl (C=O) groups is 2. The molecule has 0 spiro atoms. The van der Waals surface area contributed by atoms with E-state index in [9.17, 15) is 18.0 Å². The number of nitrogens with one attached hydrogen (secondary N) is 2. The Morgan fingerprint density at radius 1 is 1.24 bits per heavy atom. The van der Waals surface area contributed by atoms with E-state index in [1.807, 2.05) is 0 Å². The third-order valence-corrected chi connectivity index (χ3v) is 5.78. The molecule has 1 aliphatic rings. The highest BCUT2D eigenvalue weighted by Crippen LogP contribution is 2.14. The first-order valence-corrected chi connectivity index (χ1v) is 10.7. The highest BCUT2D eigenvalue weighted by atomic mass is 32.2. The number of amides is 1. The quantitative estimate of drug-likeness (QED) is 0.525. The van der Waals surface area contributed by atoms with E-state index in [0.717, 1.165) is 12.8 Å². The summed E-state index contributed by atoms with van der Waals surface area (Å²) in [6, 6.07) is 9.38. The van der Waals surface area contributed by atoms with Crippen molar-refractivity contribution in [3.05, 3.63) is 60.1 Å². The number of hydrogen-bond donors (Lipinski definition) is 2. The minimum Gasteiger partial charge on any atom is -0.468 e. The van der Waals surface area contributed by atoms with Crippen LogP contribution in [-0.4, -0.2) is 32.9 Å². The normalized spacial score (nSPS) is 17.7. The van der Waals surface area contributed by atoms with E-state index in [0.29, 0.717) is 24.3 Å². The van der Waals surface area contributed by atoms with Crippen molar-refractivity contribution >= 4 is 28.0 Å². The SMILES string of the molecule is O=C(/C=C/c1ccc(S(=O)(=O)NCc2ccco2)cc1)OC1CCCCNC1=O. The average molecular weight is 418 g/mol. The van der Waals surface area contributed by atoms with Crippen LogP contribution in [0.15, 0.2) is 58.1 Å². The van der Waals surface area contributed by atoms with E-state index >= 15 is 0 Å². The Labute approximate surface area is 169 Å². The Kier molecular flexibility index (Phi) is 6.84. The second-order valence-electron chi connectivity index (χ2n) is 6.52. The fourth-order valence-corrected chi connectivity index (χ4v) is 3.78. The molecule has 1 saturated heterocycles. The van der Waals surface area contributed by atoms with E-state index in [2.05, 4.69) is 10.0 Å². The Balaban J connectivity index is 1.56. The van der Waals surface area contributed by atoms with Crippen LogP contribution in [0, 0.1) is 0 Å². The molecule has 2 heterocycles. The second-order valence-corrected chi connectivity index (χ2v) is 8.29. The smallest absolute Gasteiger partial charge is 0.331 e. The van der Waals surface area contributed by atoms with Crippen molar-refractivity contribution in [1.29, 1.82) is 0 Å². The van der Waals surface area contributed by atoms with Crippen LogP contribution < -0.4 is 10.0 Å². The van der Waals surface area contributed by atoms with Gasteiger partial charge in [0, 0.05) is 12.6 Å². The van der Waals surface area contributed by atoms with Crippen LogP contribution in [0.5, 0.6) is 0 Å². The number of rotatable bonds is 7. The van der Waals surface area contributed by atoms with Gasteiger partial charge in [-0.3, -0.25) is 4.79 Å². The van der Waals surface area contributed by atoms with Crippen molar-refractivity contribution in [2.24, 2.45) is 0 Å². The third kappa shape index (κ3) is 6.03. The molecule has 9 heteroatoms. The van der Waals surface area contributed by atoms with Gasteiger partial charge in [0.1, 0.15) is 5.76 Å². The van der Waals surface area contributed by atoms with Crippen LogP contribution in [0.3, 0.4) is 0 Å². The number of esters is 1. The van der Waals surface area contributed by atoms with Gasteiger partial charge in [-0.25, -0.2) is 17.9 Å². The summed E-state index contributed by atoms with van der Waals surface area (Å²) in [7, 11) is -3.68. The molecule has 0 bridgehead atoms. The molecule has 2 aromatic rings. The number of furan rings is 1. The Morgan fingerprint density at radius 3 is 2.76 bits per heavy atom. The molecular formula is C20H22N2O6S. The van der Waals surface area contributed by atoms with Crippen LogP contribution >= 0.6 is 0 Å². The summed E-state index contributed by atoms with van der Waals surface area (Å²) in [4.78, 5) is 23.9. The van der Waals surface area contributed by atoms with Gasteiger partial charge >= 0.3 is 5.97 Å². The predicted octanol–water partition coefficient (Wildman–Crippen LogP) is 1.98. The maximum absolute atomic E-state index is 12.3. The highest BCUT2D eigenvalue weighted by Gasteiger charge is 2.23. The average Bonchev–Trinajstić information content (AvgIpc) is 3.16. The highest BCUT2D eigenvalue weighted by molar-refractivity contribution is 7.89. The lowest BCUT2D eigenvalue weighted by Gasteiger charge is -2.12. The molecule has 154 valence electrons. The van der Waals surface area contributed by atoms with Gasteiger partial charge in [0.15, 0.2) is 6.10 Å². The van der Waals surface area contributed by atoms with Gasteiger partial charge in [-0.05, 0) is 55.2 Å². The molecule has 0 saturated carbocycles. The first-order valence-electron chi connectivity index (χ1n) is 9.22. The van der Waals surface area contributed by atoms with Crippen molar-refractivity contribution < 1.29 is 27.2 Å². The molecule has 1 aromatic carbocycles. The minimum absolute atomic E-state index is 0.0531. The van der Waals surface area contributed by atoms with Gasteiger partial charge < -0.3 is 14.5 Å². The number of carbonyl (C=O) groups excluding carboxylic acids is 2. The number of benzene rings is 1. The number of hydrogen-bond acceptors (Lipinski definition) is 6. The maximum atomic E-state index is 12.3. The molecule has 1 amide bonds. The van der Waals surface area contributed by atoms with E-state index in [1.54, 1.807) is 24.3 Å². The van der Waals surface area contributed by atoms with Gasteiger partial charge in [0.25, 0.3) is 5.91 Å². The van der Waals surface area contributed by atoms with Crippen molar-refractivity contribution in [2.45, 2.75) is 36.8 Å². The van der Waals surface area contributed by atoms with Crippen molar-refractivity contribution in [3.8, 4) is 0 Å². The lowest BCUT2D eigenvalue weighted by molar-refractivity contribution is -0.151. The molecule has 1 atom stereocenters. The minimum atomic E-state index is -3.68. The summed E-state index contributed by atoms with van der Waals surface area (Å²) >= 11 is 0. The summed E-state index contributed by atoms with van der Waals surface area (Å²) in [5.74, 6) is -0.390. The van der Waals surface area contributed by atoms with Gasteiger partial charge in [-0.1, -0.05) is 12.1 Å². The largest absolute Gasteiger partial charge is 0.468 e. The summed E-state index contributed by atoms with van der Waals surface area (Å²) < 4.78 is 37.4. The molecule has 29 heavy (non-hydrogen) atoms. The number of ether oxygens (including phenoxy) is 1. The topological polar surface area (TPSA) is 115 Å². The zero-order chi connectivity index (χ0) is 20.7. The van der Waals surface area contributed by atoms with Crippen LogP contribution in [-0.2, 0) is 30.9 Å². The summed E-state index contributed by atoms with van der Waals surface area (Å²) in [6.45, 7) is 0.645. The summed E-state index contributed by atoms with van der Waals surface area (Å²) in [5, 5.41) is 2.70. The molecule has 2 N–H and O–H groups in total. The molecular weight excluding hydrogens is 396 g/mol. The van der Waals surface area contributed by atoms with Gasteiger partial charge in [-0.2, -0.15) is 0 Å². The molecule has 1 aromatic heterocycles. The van der Waals surface area contributed by atoms with E-state index in [-0.39, 0.29) is 17.3 Å². The van der Waals surface area contributed by atoms with Gasteiger partial charge in [0.05, 0.1) is 17.7 Å². The molecule has 0 radical (unpaired) electrons. The van der Waals surface area contributed by atoms with E-state index in [4.69, 9.17) is 9.15 Å². The Bertz CT molecular complexity index is 965. The van der Waals surface area contributed by atoms with Gasteiger partial charge in [0.2, 0.25) is 10.0 Å². The first-order chi connectivity index (χ1) is 13.9. The van der Waals surface area contributed by atoms with Crippen molar-refractivity contribution in [2.75, 3.05) is 6.54 Å². The Morgan fingerprint density at radius 2 is 2.03 bits per heavy atom. The monoisotopic (exact) mass is 418 g/mol. The van der Waals surface area contributed by atoms with Crippen LogP contribution in [0.25, 0.3) is 6.08 Å². The second kappa shape index (κ2) is 9.53. The fraction of sp³-hybridized carbons (Fsp3) is 0.300. The van der Waals surface area contributed by atoms with Crippen LogP contribution in [0.4, 0.5) is 0 Å².